The predicted molar refractivity (Wildman–Crippen MR) is 78.9 cm³/mol. The molecule has 0 radical (unpaired) electrons. The maximum absolute atomic E-state index is 12.4. The van der Waals surface area contributed by atoms with Crippen LogP contribution in [-0.4, -0.2) is 25.2 Å². The monoisotopic (exact) mass is 328 g/mol. The lowest BCUT2D eigenvalue weighted by Crippen LogP contribution is -2.39. The number of nitrogens with one attached hydrogen (secondary N) is 1. The quantitative estimate of drug-likeness (QED) is 0.865. The molecule has 2 heterocycles. The van der Waals surface area contributed by atoms with E-state index in [1.54, 1.807) is 26.8 Å². The van der Waals surface area contributed by atoms with Gasteiger partial charge in [0.1, 0.15) is 27.7 Å². The Balaban J connectivity index is 2.23. The highest BCUT2D eigenvalue weighted by atomic mass is 32.2. The molecule has 0 aliphatic rings. The van der Waals surface area contributed by atoms with Crippen LogP contribution in [0, 0.1) is 27.7 Å². The van der Waals surface area contributed by atoms with Gasteiger partial charge in [-0.05, 0) is 40.7 Å². The van der Waals surface area contributed by atoms with Crippen LogP contribution < -0.4 is 4.72 Å². The molecule has 8 heteroatoms. The minimum Gasteiger partial charge on any atom is -0.466 e. The van der Waals surface area contributed by atoms with Gasteiger partial charge in [0.15, 0.2) is 5.76 Å². The third-order valence-corrected chi connectivity index (χ3v) is 5.11. The van der Waals surface area contributed by atoms with E-state index in [-0.39, 0.29) is 22.9 Å². The number of furan rings is 1. The van der Waals surface area contributed by atoms with E-state index in [4.69, 9.17) is 8.94 Å². The summed E-state index contributed by atoms with van der Waals surface area (Å²) in [5.41, 5.74) is -0.570. The van der Waals surface area contributed by atoms with Crippen molar-refractivity contribution in [1.29, 1.82) is 0 Å². The van der Waals surface area contributed by atoms with E-state index in [2.05, 4.69) is 9.88 Å². The number of aromatic nitrogens is 1. The van der Waals surface area contributed by atoms with Crippen LogP contribution in [0.2, 0.25) is 0 Å². The van der Waals surface area contributed by atoms with Gasteiger partial charge >= 0.3 is 0 Å². The van der Waals surface area contributed by atoms with Crippen LogP contribution >= 0.6 is 0 Å². The molecule has 1 atom stereocenters. The van der Waals surface area contributed by atoms with E-state index >= 15 is 0 Å². The fraction of sp³-hybridized carbons (Fsp3) is 0.500. The molecule has 2 N–H and O–H groups in total. The molecule has 0 saturated heterocycles. The Morgan fingerprint density at radius 1 is 1.27 bits per heavy atom. The van der Waals surface area contributed by atoms with Crippen LogP contribution in [0.15, 0.2) is 19.9 Å². The van der Waals surface area contributed by atoms with Gasteiger partial charge in [-0.2, -0.15) is 0 Å². The van der Waals surface area contributed by atoms with E-state index in [0.29, 0.717) is 17.1 Å². The van der Waals surface area contributed by atoms with E-state index in [1.807, 2.05) is 0 Å². The summed E-state index contributed by atoms with van der Waals surface area (Å²) in [6, 6.07) is 1.69. The molecule has 0 saturated carbocycles. The second kappa shape index (κ2) is 5.53. The van der Waals surface area contributed by atoms with Crippen molar-refractivity contribution in [1.82, 2.24) is 9.88 Å². The van der Waals surface area contributed by atoms with Gasteiger partial charge in [0.25, 0.3) is 0 Å². The van der Waals surface area contributed by atoms with Crippen LogP contribution in [0.25, 0.3) is 0 Å². The first-order valence-corrected chi connectivity index (χ1v) is 8.25. The SMILES string of the molecule is Cc1cc(C(C)(O)CNS(=O)(=O)c2c(C)noc2C)c(C)o1. The largest absolute Gasteiger partial charge is 0.466 e. The van der Waals surface area contributed by atoms with Gasteiger partial charge < -0.3 is 14.0 Å². The highest BCUT2D eigenvalue weighted by molar-refractivity contribution is 7.89. The number of hydrogen-bond donors (Lipinski definition) is 2. The van der Waals surface area contributed by atoms with Crippen molar-refractivity contribution >= 4 is 10.0 Å². The third-order valence-electron chi connectivity index (χ3n) is 3.46. The Kier molecular flexibility index (Phi) is 4.20. The van der Waals surface area contributed by atoms with E-state index in [1.165, 1.54) is 13.8 Å². The Morgan fingerprint density at radius 3 is 2.36 bits per heavy atom. The zero-order valence-corrected chi connectivity index (χ0v) is 14.0. The molecule has 0 amide bonds. The fourth-order valence-corrected chi connectivity index (χ4v) is 3.88. The number of aryl methyl sites for hydroxylation is 4. The van der Waals surface area contributed by atoms with Crippen molar-refractivity contribution in [2.24, 2.45) is 0 Å². The van der Waals surface area contributed by atoms with Gasteiger partial charge in [0.2, 0.25) is 10.0 Å². The molecule has 0 spiro atoms. The van der Waals surface area contributed by atoms with E-state index < -0.39 is 15.6 Å². The van der Waals surface area contributed by atoms with E-state index in [0.717, 1.165) is 0 Å². The molecule has 0 aliphatic heterocycles. The van der Waals surface area contributed by atoms with Gasteiger partial charge in [-0.25, -0.2) is 13.1 Å². The maximum Gasteiger partial charge on any atom is 0.246 e. The van der Waals surface area contributed by atoms with Crippen LogP contribution in [0.1, 0.15) is 35.5 Å². The number of aliphatic hydroxyl groups is 1. The number of sulfonamides is 1. The Bertz CT molecular complexity index is 767. The summed E-state index contributed by atoms with van der Waals surface area (Å²) in [6.07, 6.45) is 0. The first-order chi connectivity index (χ1) is 10.0. The highest BCUT2D eigenvalue weighted by Gasteiger charge is 2.31. The lowest BCUT2D eigenvalue weighted by atomic mass is 9.97. The fourth-order valence-electron chi connectivity index (χ4n) is 2.43. The molecule has 1 unspecified atom stereocenters. The molecule has 2 aromatic rings. The van der Waals surface area contributed by atoms with Crippen molar-refractivity contribution in [3.63, 3.8) is 0 Å². The Hall–Kier alpha value is -1.64. The molecule has 0 aromatic carbocycles. The summed E-state index contributed by atoms with van der Waals surface area (Å²) < 4.78 is 37.4. The van der Waals surface area contributed by atoms with Crippen LogP contribution in [0.3, 0.4) is 0 Å². The summed E-state index contributed by atoms with van der Waals surface area (Å²) in [7, 11) is -3.82. The summed E-state index contributed by atoms with van der Waals surface area (Å²) in [5, 5.41) is 14.2. The van der Waals surface area contributed by atoms with Crippen LogP contribution in [0.4, 0.5) is 0 Å². The van der Waals surface area contributed by atoms with Gasteiger partial charge in [0, 0.05) is 12.1 Å². The summed E-state index contributed by atoms with van der Waals surface area (Å²) >= 11 is 0. The summed E-state index contributed by atoms with van der Waals surface area (Å²) in [4.78, 5) is 0.00314. The summed E-state index contributed by atoms with van der Waals surface area (Å²) in [6.45, 7) is 7.89. The van der Waals surface area contributed by atoms with Gasteiger partial charge in [-0.15, -0.1) is 0 Å². The maximum atomic E-state index is 12.4. The average molecular weight is 328 g/mol. The van der Waals surface area contributed by atoms with E-state index in [9.17, 15) is 13.5 Å². The Labute approximate surface area is 129 Å². The minimum atomic E-state index is -3.82. The minimum absolute atomic E-state index is 0.00314. The zero-order chi connectivity index (χ0) is 16.7. The number of rotatable bonds is 5. The third kappa shape index (κ3) is 3.08. The van der Waals surface area contributed by atoms with Crippen molar-refractivity contribution in [2.45, 2.75) is 45.1 Å². The normalized spacial score (nSPS) is 15.0. The van der Waals surface area contributed by atoms with Crippen molar-refractivity contribution in [3.05, 3.63) is 34.6 Å². The Morgan fingerprint density at radius 2 is 1.91 bits per heavy atom. The lowest BCUT2D eigenvalue weighted by molar-refractivity contribution is 0.0612. The molecule has 2 rings (SSSR count). The molecule has 0 fully saturated rings. The second-order valence-electron chi connectivity index (χ2n) is 5.58. The number of hydrogen-bond acceptors (Lipinski definition) is 6. The molecule has 2 aromatic heterocycles. The van der Waals surface area contributed by atoms with Crippen molar-refractivity contribution in [2.75, 3.05) is 6.54 Å². The second-order valence-corrected chi connectivity index (χ2v) is 7.28. The van der Waals surface area contributed by atoms with Gasteiger partial charge in [-0.1, -0.05) is 5.16 Å². The smallest absolute Gasteiger partial charge is 0.246 e. The number of nitrogens with zero attached hydrogens (tertiary/aromatic N) is 1. The molecule has 7 nitrogen and oxygen atoms in total. The van der Waals surface area contributed by atoms with Crippen molar-refractivity contribution in [3.8, 4) is 0 Å². The average Bonchev–Trinajstić information content (AvgIpc) is 2.90. The molecule has 0 bridgehead atoms. The predicted octanol–water partition coefficient (Wildman–Crippen LogP) is 1.69. The van der Waals surface area contributed by atoms with Crippen LogP contribution in [-0.2, 0) is 15.6 Å². The molecule has 122 valence electrons. The highest BCUT2D eigenvalue weighted by Crippen LogP contribution is 2.27. The molecule has 22 heavy (non-hydrogen) atoms. The topological polar surface area (TPSA) is 106 Å². The molecule has 0 aliphatic carbocycles. The zero-order valence-electron chi connectivity index (χ0n) is 13.2. The van der Waals surface area contributed by atoms with Crippen LogP contribution in [0.5, 0.6) is 0 Å². The summed E-state index contributed by atoms with van der Waals surface area (Å²) in [5.74, 6) is 1.42. The first kappa shape index (κ1) is 16.7. The molecular formula is C14H20N2O5S. The lowest BCUT2D eigenvalue weighted by Gasteiger charge is -2.23. The first-order valence-electron chi connectivity index (χ1n) is 6.77. The van der Waals surface area contributed by atoms with Crippen molar-refractivity contribution < 1.29 is 22.5 Å². The molecular weight excluding hydrogens is 308 g/mol. The van der Waals surface area contributed by atoms with Gasteiger partial charge in [0.05, 0.1) is 0 Å². The van der Waals surface area contributed by atoms with Gasteiger partial charge in [-0.3, -0.25) is 0 Å². The standard InChI is InChI=1S/C14H20N2O5S/c1-8-6-12(10(3)20-8)14(5,17)7-15-22(18,19)13-9(2)16-21-11(13)4/h6,15,17H,7H2,1-5H3.